The number of hydrogen-bond acceptors (Lipinski definition) is 7. The molecule has 25 heavy (non-hydrogen) atoms. The number of carboxylic acids is 2. The summed E-state index contributed by atoms with van der Waals surface area (Å²) in [4.78, 5) is 30.9. The molecule has 146 valence electrons. The smallest absolute Gasteiger partial charge is 0.407 e. The monoisotopic (exact) mass is 368 g/mol. The van der Waals surface area contributed by atoms with Crippen molar-refractivity contribution in [1.82, 2.24) is 10.6 Å². The lowest BCUT2D eigenvalue weighted by atomic mass is 10.1. The zero-order valence-corrected chi connectivity index (χ0v) is 14.2. The van der Waals surface area contributed by atoms with Gasteiger partial charge in [-0.05, 0) is 33.7 Å². The van der Waals surface area contributed by atoms with Gasteiger partial charge in [-0.15, -0.1) is 0 Å². The third-order valence-corrected chi connectivity index (χ3v) is 2.92. The third kappa shape index (κ3) is 9.79. The minimum atomic E-state index is -2.27. The molecule has 1 heterocycles. The lowest BCUT2D eigenvalue weighted by Gasteiger charge is -2.28. The number of alkyl carbamates (subject to hydrolysis) is 1. The Morgan fingerprint density at radius 1 is 1.16 bits per heavy atom. The molecule has 0 aromatic rings. The van der Waals surface area contributed by atoms with Gasteiger partial charge in [-0.1, -0.05) is 0 Å². The topological polar surface area (TPSA) is 165 Å². The van der Waals surface area contributed by atoms with Crippen LogP contribution in [0.15, 0.2) is 0 Å². The number of hydrogen-bond donors (Lipinski definition) is 6. The maximum Gasteiger partial charge on any atom is 0.407 e. The van der Waals surface area contributed by atoms with E-state index < -0.39 is 48.1 Å². The molecule has 1 fully saturated rings. The fourth-order valence-electron chi connectivity index (χ4n) is 1.71. The normalized spacial score (nSPS) is 22.6. The highest BCUT2D eigenvalue weighted by atomic mass is 19.1. The number of nitrogens with one attached hydrogen (secondary N) is 2. The molecule has 0 aromatic heterocycles. The van der Waals surface area contributed by atoms with E-state index in [-0.39, 0.29) is 0 Å². The number of carbonyl (C=O) groups is 3. The molecular weight excluding hydrogens is 343 g/mol. The highest BCUT2D eigenvalue weighted by Crippen LogP contribution is 2.10. The van der Waals surface area contributed by atoms with Crippen molar-refractivity contribution in [1.29, 1.82) is 0 Å². The lowest BCUT2D eigenvalue weighted by molar-refractivity contribution is -0.165. The first-order chi connectivity index (χ1) is 11.3. The predicted molar refractivity (Wildman–Crippen MR) is 82.8 cm³/mol. The van der Waals surface area contributed by atoms with E-state index in [1.165, 1.54) is 0 Å². The minimum Gasteiger partial charge on any atom is -0.479 e. The second-order valence-electron chi connectivity index (χ2n) is 6.33. The fraction of sp³-hybridized carbons (Fsp3) is 0.786. The van der Waals surface area contributed by atoms with Crippen LogP contribution in [0.4, 0.5) is 9.18 Å². The summed E-state index contributed by atoms with van der Waals surface area (Å²) >= 11 is 0. The van der Waals surface area contributed by atoms with E-state index >= 15 is 0 Å². The van der Waals surface area contributed by atoms with Gasteiger partial charge in [0.25, 0.3) is 0 Å². The van der Waals surface area contributed by atoms with Crippen LogP contribution < -0.4 is 10.6 Å². The number of piperidine rings is 1. The molecule has 4 unspecified atom stereocenters. The third-order valence-electron chi connectivity index (χ3n) is 2.92. The first-order valence-electron chi connectivity index (χ1n) is 7.51. The van der Waals surface area contributed by atoms with Crippen LogP contribution in [0.25, 0.3) is 0 Å². The molecule has 10 nitrogen and oxygen atoms in total. The molecule has 0 bridgehead atoms. The molecule has 0 radical (unpaired) electrons. The quantitative estimate of drug-likeness (QED) is 0.368. The number of carboxylic acid groups (broad SMARTS) is 2. The molecule has 1 saturated heterocycles. The molecule has 0 aromatic carbocycles. The van der Waals surface area contributed by atoms with Gasteiger partial charge in [0, 0.05) is 6.54 Å². The summed E-state index contributed by atoms with van der Waals surface area (Å²) in [6.45, 7) is 6.35. The number of aliphatic hydroxyl groups excluding tert-OH is 2. The fourth-order valence-corrected chi connectivity index (χ4v) is 1.71. The number of alkyl halides is 1. The van der Waals surface area contributed by atoms with Crippen LogP contribution in [0.1, 0.15) is 27.2 Å². The SMILES string of the molecule is CC(C)(C)OC(=O)NC1CCNCC1F.O=C(O)C(O)C(O)C(=O)O. The summed E-state index contributed by atoms with van der Waals surface area (Å²) in [5.41, 5.74) is -0.539. The lowest BCUT2D eigenvalue weighted by Crippen LogP contribution is -2.51. The largest absolute Gasteiger partial charge is 0.479 e. The summed E-state index contributed by atoms with van der Waals surface area (Å²) in [6.07, 6.45) is -5.52. The van der Waals surface area contributed by atoms with Crippen LogP contribution in [0.3, 0.4) is 0 Å². The molecule has 4 atom stereocenters. The zero-order chi connectivity index (χ0) is 19.8. The Kier molecular flexibility index (Phi) is 9.31. The Bertz CT molecular complexity index is 450. The van der Waals surface area contributed by atoms with Gasteiger partial charge in [-0.2, -0.15) is 0 Å². The molecule has 0 aliphatic carbocycles. The van der Waals surface area contributed by atoms with E-state index in [1.54, 1.807) is 20.8 Å². The summed E-state index contributed by atoms with van der Waals surface area (Å²) < 4.78 is 18.4. The molecule has 11 heteroatoms. The molecular formula is C14H25FN2O8. The van der Waals surface area contributed by atoms with E-state index in [9.17, 15) is 18.8 Å². The van der Waals surface area contributed by atoms with Gasteiger partial charge in [0.05, 0.1) is 6.04 Å². The maximum atomic E-state index is 13.3. The predicted octanol–water partition coefficient (Wildman–Crippen LogP) is -0.911. The van der Waals surface area contributed by atoms with E-state index in [2.05, 4.69) is 10.6 Å². The second-order valence-corrected chi connectivity index (χ2v) is 6.33. The average Bonchev–Trinajstić information content (AvgIpc) is 2.46. The van der Waals surface area contributed by atoms with Crippen LogP contribution in [-0.4, -0.2) is 81.6 Å². The van der Waals surface area contributed by atoms with E-state index in [0.717, 1.165) is 6.54 Å². The van der Waals surface area contributed by atoms with Crippen molar-refractivity contribution < 1.29 is 43.9 Å². The number of ether oxygens (including phenoxy) is 1. The number of rotatable bonds is 4. The van der Waals surface area contributed by atoms with Gasteiger partial charge in [0.15, 0.2) is 12.2 Å². The zero-order valence-electron chi connectivity index (χ0n) is 14.2. The van der Waals surface area contributed by atoms with Crippen molar-refractivity contribution in [3.8, 4) is 0 Å². The van der Waals surface area contributed by atoms with Crippen LogP contribution in [0.2, 0.25) is 0 Å². The Balaban J connectivity index is 0.000000504. The average molecular weight is 368 g/mol. The molecule has 0 spiro atoms. The van der Waals surface area contributed by atoms with Gasteiger partial charge in [0.1, 0.15) is 11.8 Å². The second kappa shape index (κ2) is 10.1. The first kappa shape index (κ1) is 23.0. The highest BCUT2D eigenvalue weighted by Gasteiger charge is 2.29. The Labute approximate surface area is 144 Å². The van der Waals surface area contributed by atoms with Gasteiger partial charge >= 0.3 is 18.0 Å². The van der Waals surface area contributed by atoms with Gasteiger partial charge in [-0.3, -0.25) is 0 Å². The Morgan fingerprint density at radius 3 is 2.00 bits per heavy atom. The number of aliphatic carboxylic acids is 2. The molecule has 1 rings (SSSR count). The molecule has 1 aliphatic rings. The minimum absolute atomic E-state index is 0.292. The standard InChI is InChI=1S/C10H19FN2O2.C4H6O6/c1-10(2,3)15-9(14)13-8-4-5-12-6-7(8)11;5-1(3(7)8)2(6)4(9)10/h7-8,12H,4-6H2,1-3H3,(H,13,14);1-2,5-6H,(H,7,8)(H,9,10). The van der Waals surface area contributed by atoms with Crippen LogP contribution in [-0.2, 0) is 14.3 Å². The van der Waals surface area contributed by atoms with Gasteiger partial charge in [-0.25, -0.2) is 18.8 Å². The van der Waals surface area contributed by atoms with Crippen molar-refractivity contribution in [2.75, 3.05) is 13.1 Å². The van der Waals surface area contributed by atoms with E-state index in [4.69, 9.17) is 25.2 Å². The molecule has 1 amide bonds. The van der Waals surface area contributed by atoms with Crippen molar-refractivity contribution in [3.63, 3.8) is 0 Å². The van der Waals surface area contributed by atoms with Crippen molar-refractivity contribution >= 4 is 18.0 Å². The summed E-state index contributed by atoms with van der Waals surface area (Å²) in [7, 11) is 0. The maximum absolute atomic E-state index is 13.3. The summed E-state index contributed by atoms with van der Waals surface area (Å²) in [5.74, 6) is -3.54. The van der Waals surface area contributed by atoms with Gasteiger partial charge < -0.3 is 35.8 Å². The van der Waals surface area contributed by atoms with Crippen molar-refractivity contribution in [2.24, 2.45) is 0 Å². The van der Waals surface area contributed by atoms with Crippen LogP contribution in [0, 0.1) is 0 Å². The Hall–Kier alpha value is -1.98. The summed E-state index contributed by atoms with van der Waals surface area (Å²) in [5, 5.41) is 38.0. The van der Waals surface area contributed by atoms with Crippen molar-refractivity contribution in [2.45, 2.75) is 57.2 Å². The first-order valence-corrected chi connectivity index (χ1v) is 7.51. The Morgan fingerprint density at radius 2 is 1.64 bits per heavy atom. The van der Waals surface area contributed by atoms with Crippen LogP contribution >= 0.6 is 0 Å². The van der Waals surface area contributed by atoms with Gasteiger partial charge in [0.2, 0.25) is 0 Å². The highest BCUT2D eigenvalue weighted by molar-refractivity contribution is 5.83. The number of amides is 1. The molecule has 0 saturated carbocycles. The molecule has 6 N–H and O–H groups in total. The van der Waals surface area contributed by atoms with E-state index in [0.29, 0.717) is 13.0 Å². The van der Waals surface area contributed by atoms with Crippen molar-refractivity contribution in [3.05, 3.63) is 0 Å². The molecule has 1 aliphatic heterocycles. The van der Waals surface area contributed by atoms with E-state index in [1.807, 2.05) is 0 Å². The number of carbonyl (C=O) groups excluding carboxylic acids is 1. The number of halogens is 1. The number of aliphatic hydroxyl groups is 2. The van der Waals surface area contributed by atoms with Crippen LogP contribution in [0.5, 0.6) is 0 Å². The summed E-state index contributed by atoms with van der Waals surface area (Å²) in [6, 6.07) is -0.430.